The molecule has 0 unspecified atom stereocenters. The highest BCUT2D eigenvalue weighted by Crippen LogP contribution is 2.21. The number of aromatic nitrogens is 3. The van der Waals surface area contributed by atoms with Gasteiger partial charge < -0.3 is 15.0 Å². The van der Waals surface area contributed by atoms with E-state index in [0.717, 1.165) is 31.6 Å². The largest absolute Gasteiger partial charge is 0.454 e. The number of esters is 1. The third kappa shape index (κ3) is 2.85. The Balaban J connectivity index is 1.70. The second-order valence-electron chi connectivity index (χ2n) is 4.96. The highest BCUT2D eigenvalue weighted by Gasteiger charge is 2.18. The van der Waals surface area contributed by atoms with Gasteiger partial charge in [0.1, 0.15) is 5.82 Å². The summed E-state index contributed by atoms with van der Waals surface area (Å²) in [6.07, 6.45) is 3.14. The molecule has 21 heavy (non-hydrogen) atoms. The van der Waals surface area contributed by atoms with E-state index in [1.54, 1.807) is 12.1 Å². The normalized spacial score (nSPS) is 13.8. The molecular weight excluding hydrogens is 292 g/mol. The quantitative estimate of drug-likeness (QED) is 0.694. The highest BCUT2D eigenvalue weighted by molar-refractivity contribution is 6.33. The van der Waals surface area contributed by atoms with E-state index in [2.05, 4.69) is 10.2 Å². The van der Waals surface area contributed by atoms with Gasteiger partial charge in [0.2, 0.25) is 0 Å². The summed E-state index contributed by atoms with van der Waals surface area (Å²) in [6, 6.07) is 4.69. The lowest BCUT2D eigenvalue weighted by Gasteiger charge is -2.14. The Labute approximate surface area is 126 Å². The monoisotopic (exact) mass is 306 g/mol. The predicted molar refractivity (Wildman–Crippen MR) is 77.9 cm³/mol. The van der Waals surface area contributed by atoms with Gasteiger partial charge in [-0.25, -0.2) is 4.79 Å². The van der Waals surface area contributed by atoms with E-state index in [-0.39, 0.29) is 11.6 Å². The van der Waals surface area contributed by atoms with Crippen molar-refractivity contribution in [1.82, 2.24) is 14.8 Å². The average molecular weight is 307 g/mol. The third-order valence-electron chi connectivity index (χ3n) is 3.48. The zero-order valence-electron chi connectivity index (χ0n) is 11.4. The number of ether oxygens (including phenoxy) is 1. The number of hydrogen-bond donors (Lipinski definition) is 1. The van der Waals surface area contributed by atoms with Gasteiger partial charge in [-0.15, -0.1) is 10.2 Å². The maximum Gasteiger partial charge on any atom is 0.340 e. The van der Waals surface area contributed by atoms with E-state index in [9.17, 15) is 4.79 Å². The molecule has 0 aliphatic carbocycles. The lowest BCUT2D eigenvalue weighted by Crippen LogP contribution is -2.15. The molecule has 1 aliphatic rings. The van der Waals surface area contributed by atoms with Crippen LogP contribution in [0.1, 0.15) is 34.8 Å². The van der Waals surface area contributed by atoms with Crippen LogP contribution in [-0.2, 0) is 24.3 Å². The molecule has 1 aromatic carbocycles. The maximum atomic E-state index is 12.0. The fraction of sp³-hybridized carbons (Fsp3) is 0.357. The number of nitrogens with two attached hydrogens (primary N) is 1. The molecule has 0 fully saturated rings. The smallest absolute Gasteiger partial charge is 0.340 e. The van der Waals surface area contributed by atoms with E-state index >= 15 is 0 Å². The average Bonchev–Trinajstić information content (AvgIpc) is 2.88. The Morgan fingerprint density at radius 2 is 2.24 bits per heavy atom. The van der Waals surface area contributed by atoms with Gasteiger partial charge in [0.25, 0.3) is 0 Å². The van der Waals surface area contributed by atoms with Gasteiger partial charge in [-0.2, -0.15) is 0 Å². The number of fused-ring (bicyclic) bond motifs is 1. The Hall–Kier alpha value is -2.08. The lowest BCUT2D eigenvalue weighted by atomic mass is 10.2. The van der Waals surface area contributed by atoms with Gasteiger partial charge in [-0.05, 0) is 31.0 Å². The van der Waals surface area contributed by atoms with Crippen molar-refractivity contribution in [3.63, 3.8) is 0 Å². The Kier molecular flexibility index (Phi) is 3.79. The Morgan fingerprint density at radius 1 is 1.38 bits per heavy atom. The van der Waals surface area contributed by atoms with Crippen molar-refractivity contribution in [3.8, 4) is 0 Å². The number of benzene rings is 1. The van der Waals surface area contributed by atoms with Crippen LogP contribution >= 0.6 is 11.6 Å². The summed E-state index contributed by atoms with van der Waals surface area (Å²) < 4.78 is 7.29. The molecule has 0 amide bonds. The van der Waals surface area contributed by atoms with Gasteiger partial charge in [0.05, 0.1) is 10.6 Å². The standard InChI is InChI=1S/C14H15ClN4O2/c15-11-7-9(16)4-5-10(11)14(20)21-8-13-18-17-12-3-1-2-6-19(12)13/h4-5,7H,1-3,6,8,16H2. The van der Waals surface area contributed by atoms with Crippen LogP contribution in [0.25, 0.3) is 0 Å². The molecule has 2 N–H and O–H groups in total. The number of nitrogens with zero attached hydrogens (tertiary/aromatic N) is 3. The SMILES string of the molecule is Nc1ccc(C(=O)OCc2nnc3n2CCCC3)c(Cl)c1. The number of rotatable bonds is 3. The van der Waals surface area contributed by atoms with Crippen LogP contribution in [0.4, 0.5) is 5.69 Å². The summed E-state index contributed by atoms with van der Waals surface area (Å²) in [5.41, 5.74) is 6.40. The molecule has 0 atom stereocenters. The zero-order valence-corrected chi connectivity index (χ0v) is 12.1. The van der Waals surface area contributed by atoms with Gasteiger partial charge >= 0.3 is 5.97 Å². The number of hydrogen-bond acceptors (Lipinski definition) is 5. The van der Waals surface area contributed by atoms with Crippen molar-refractivity contribution in [2.45, 2.75) is 32.4 Å². The molecule has 6 nitrogen and oxygen atoms in total. The van der Waals surface area contributed by atoms with E-state index < -0.39 is 5.97 Å². The Bertz CT molecular complexity index is 684. The first-order valence-corrected chi connectivity index (χ1v) is 7.16. The summed E-state index contributed by atoms with van der Waals surface area (Å²) in [7, 11) is 0. The summed E-state index contributed by atoms with van der Waals surface area (Å²) in [4.78, 5) is 12.0. The maximum absolute atomic E-state index is 12.0. The first-order valence-electron chi connectivity index (χ1n) is 6.78. The molecule has 0 saturated heterocycles. The Morgan fingerprint density at radius 3 is 3.05 bits per heavy atom. The summed E-state index contributed by atoms with van der Waals surface area (Å²) in [5.74, 6) is 1.13. The minimum absolute atomic E-state index is 0.0898. The number of aryl methyl sites for hydroxylation is 1. The fourth-order valence-corrected chi connectivity index (χ4v) is 2.65. The van der Waals surface area contributed by atoms with Gasteiger partial charge in [-0.3, -0.25) is 0 Å². The summed E-state index contributed by atoms with van der Waals surface area (Å²) in [6.45, 7) is 0.963. The van der Waals surface area contributed by atoms with Crippen LogP contribution in [-0.4, -0.2) is 20.7 Å². The number of halogens is 1. The van der Waals surface area contributed by atoms with Crippen LogP contribution in [0.5, 0.6) is 0 Å². The van der Waals surface area contributed by atoms with Crippen molar-refractivity contribution >= 4 is 23.3 Å². The van der Waals surface area contributed by atoms with E-state index in [0.29, 0.717) is 17.1 Å². The van der Waals surface area contributed by atoms with Crippen molar-refractivity contribution in [2.75, 3.05) is 5.73 Å². The van der Waals surface area contributed by atoms with E-state index in [4.69, 9.17) is 22.1 Å². The molecule has 2 heterocycles. The second kappa shape index (κ2) is 5.73. The van der Waals surface area contributed by atoms with E-state index in [1.807, 2.05) is 4.57 Å². The molecule has 1 aromatic heterocycles. The topological polar surface area (TPSA) is 83.0 Å². The molecule has 110 valence electrons. The summed E-state index contributed by atoms with van der Waals surface area (Å²) >= 11 is 5.99. The predicted octanol–water partition coefficient (Wildman–Crippen LogP) is 2.21. The van der Waals surface area contributed by atoms with Gasteiger partial charge in [0, 0.05) is 18.7 Å². The van der Waals surface area contributed by atoms with Crippen LogP contribution in [0.3, 0.4) is 0 Å². The van der Waals surface area contributed by atoms with Crippen molar-refractivity contribution < 1.29 is 9.53 Å². The van der Waals surface area contributed by atoms with Gasteiger partial charge in [-0.1, -0.05) is 11.6 Å². The molecule has 0 spiro atoms. The number of carbonyl (C=O) groups is 1. The first kappa shape index (κ1) is 13.9. The summed E-state index contributed by atoms with van der Waals surface area (Å²) in [5, 5.41) is 8.48. The number of carbonyl (C=O) groups excluding carboxylic acids is 1. The van der Waals surface area contributed by atoms with Gasteiger partial charge in [0.15, 0.2) is 12.4 Å². The van der Waals surface area contributed by atoms with Crippen LogP contribution in [0, 0.1) is 0 Å². The van der Waals surface area contributed by atoms with Crippen LogP contribution in [0.15, 0.2) is 18.2 Å². The molecule has 0 bridgehead atoms. The lowest BCUT2D eigenvalue weighted by molar-refractivity contribution is 0.0457. The minimum atomic E-state index is -0.492. The molecule has 3 rings (SSSR count). The zero-order chi connectivity index (χ0) is 14.8. The second-order valence-corrected chi connectivity index (χ2v) is 5.36. The molecule has 1 aliphatic heterocycles. The first-order chi connectivity index (χ1) is 10.1. The van der Waals surface area contributed by atoms with E-state index in [1.165, 1.54) is 6.07 Å². The molecule has 7 heteroatoms. The van der Waals surface area contributed by atoms with Crippen molar-refractivity contribution in [2.24, 2.45) is 0 Å². The number of nitrogen functional groups attached to an aromatic ring is 1. The van der Waals surface area contributed by atoms with Crippen molar-refractivity contribution in [1.29, 1.82) is 0 Å². The highest BCUT2D eigenvalue weighted by atomic mass is 35.5. The molecule has 2 aromatic rings. The molecular formula is C14H15ClN4O2. The number of anilines is 1. The third-order valence-corrected chi connectivity index (χ3v) is 3.79. The van der Waals surface area contributed by atoms with Crippen LogP contribution < -0.4 is 5.73 Å². The minimum Gasteiger partial charge on any atom is -0.454 e. The molecule has 0 radical (unpaired) electrons. The van der Waals surface area contributed by atoms with Crippen molar-refractivity contribution in [3.05, 3.63) is 40.4 Å². The fourth-order valence-electron chi connectivity index (χ4n) is 2.38. The van der Waals surface area contributed by atoms with Crippen LogP contribution in [0.2, 0.25) is 5.02 Å². The molecule has 0 saturated carbocycles.